The molecule has 7 heteroatoms. The maximum absolute atomic E-state index is 13.0. The molecule has 5 nitrogen and oxygen atoms in total. The maximum atomic E-state index is 13.0. The van der Waals surface area contributed by atoms with Gasteiger partial charge in [0.25, 0.3) is 0 Å². The number of amides is 1. The third kappa shape index (κ3) is 2.67. The molecule has 1 N–H and O–H groups in total. The predicted octanol–water partition coefficient (Wildman–Crippen LogP) is 1.46. The third-order valence-corrected chi connectivity index (χ3v) is 5.32. The quantitative estimate of drug-likeness (QED) is 0.839. The number of aliphatic hydroxyl groups is 1. The van der Waals surface area contributed by atoms with Crippen LogP contribution in [-0.2, 0) is 21.4 Å². The summed E-state index contributed by atoms with van der Waals surface area (Å²) in [4.78, 5) is 13.2. The highest BCUT2D eigenvalue weighted by Crippen LogP contribution is 2.34. The van der Waals surface area contributed by atoms with E-state index >= 15 is 0 Å². The van der Waals surface area contributed by atoms with Crippen LogP contribution >= 0.6 is 0 Å². The Hall–Kier alpha value is -1.47. The highest BCUT2D eigenvalue weighted by molar-refractivity contribution is 7.87. The first-order valence-corrected chi connectivity index (χ1v) is 8.35. The van der Waals surface area contributed by atoms with E-state index < -0.39 is 27.5 Å². The molecule has 3 rings (SSSR count). The van der Waals surface area contributed by atoms with Crippen LogP contribution in [0.3, 0.4) is 0 Å². The molecule has 0 saturated carbocycles. The zero-order valence-corrected chi connectivity index (χ0v) is 12.1. The van der Waals surface area contributed by atoms with Gasteiger partial charge in [0.2, 0.25) is 5.91 Å². The van der Waals surface area contributed by atoms with Gasteiger partial charge in [-0.3, -0.25) is 4.79 Å². The standard InChI is InChI=1S/C14H16FNO4S/c15-21(19,20)11-7-14(18)16(8-11)10-5-4-9-2-1-3-13(17)12(9)6-10/h4-6,11,13,17H,1-3,7-8H2. The minimum absolute atomic E-state index is 0.174. The van der Waals surface area contributed by atoms with Gasteiger partial charge in [-0.2, -0.15) is 8.42 Å². The summed E-state index contributed by atoms with van der Waals surface area (Å²) in [6.45, 7) is -0.174. The molecule has 0 radical (unpaired) electrons. The van der Waals surface area contributed by atoms with Gasteiger partial charge in [-0.15, -0.1) is 3.89 Å². The largest absolute Gasteiger partial charge is 0.388 e. The number of aryl methyl sites for hydroxylation is 1. The number of carbonyl (C=O) groups excluding carboxylic acids is 1. The minimum atomic E-state index is -4.72. The van der Waals surface area contributed by atoms with Crippen LogP contribution < -0.4 is 4.90 Å². The van der Waals surface area contributed by atoms with Gasteiger partial charge < -0.3 is 10.0 Å². The molecule has 0 spiro atoms. The van der Waals surface area contributed by atoms with Crippen LogP contribution in [0.15, 0.2) is 18.2 Å². The van der Waals surface area contributed by atoms with E-state index in [0.717, 1.165) is 24.0 Å². The number of anilines is 1. The van der Waals surface area contributed by atoms with Crippen molar-refractivity contribution in [1.82, 2.24) is 0 Å². The molecule has 0 bridgehead atoms. The number of carbonyl (C=O) groups is 1. The fourth-order valence-corrected chi connectivity index (χ4v) is 3.71. The fourth-order valence-electron chi connectivity index (χ4n) is 3.04. The lowest BCUT2D eigenvalue weighted by atomic mass is 9.89. The monoisotopic (exact) mass is 313 g/mol. The SMILES string of the molecule is O=C1CC(S(=O)(=O)F)CN1c1ccc2c(c1)C(O)CCC2. The lowest BCUT2D eigenvalue weighted by Crippen LogP contribution is -2.27. The molecule has 1 heterocycles. The summed E-state index contributed by atoms with van der Waals surface area (Å²) < 4.78 is 35.0. The molecule has 1 saturated heterocycles. The average Bonchev–Trinajstić information content (AvgIpc) is 2.81. The lowest BCUT2D eigenvalue weighted by molar-refractivity contribution is -0.117. The van der Waals surface area contributed by atoms with Crippen LogP contribution in [-0.4, -0.2) is 31.2 Å². The number of fused-ring (bicyclic) bond motifs is 1. The first-order valence-electron chi connectivity index (χ1n) is 6.91. The van der Waals surface area contributed by atoms with Crippen molar-refractivity contribution in [3.63, 3.8) is 0 Å². The van der Waals surface area contributed by atoms with E-state index in [9.17, 15) is 22.2 Å². The molecule has 21 heavy (non-hydrogen) atoms. The Labute approximate surface area is 122 Å². The number of aliphatic hydroxyl groups excluding tert-OH is 1. The second-order valence-electron chi connectivity index (χ2n) is 5.60. The molecule has 114 valence electrons. The Morgan fingerprint density at radius 2 is 2.10 bits per heavy atom. The smallest absolute Gasteiger partial charge is 0.307 e. The molecule has 0 aromatic heterocycles. The summed E-state index contributed by atoms with van der Waals surface area (Å²) in [5.41, 5.74) is 2.34. The highest BCUT2D eigenvalue weighted by atomic mass is 32.3. The minimum Gasteiger partial charge on any atom is -0.388 e. The summed E-state index contributed by atoms with van der Waals surface area (Å²) in [5, 5.41) is 8.72. The molecule has 2 aliphatic rings. The van der Waals surface area contributed by atoms with E-state index in [-0.39, 0.29) is 13.0 Å². The summed E-state index contributed by atoms with van der Waals surface area (Å²) in [6.07, 6.45) is 1.57. The molecular weight excluding hydrogens is 297 g/mol. The van der Waals surface area contributed by atoms with Gasteiger partial charge in [0, 0.05) is 18.7 Å². The van der Waals surface area contributed by atoms with Crippen molar-refractivity contribution in [2.75, 3.05) is 11.4 Å². The van der Waals surface area contributed by atoms with E-state index in [4.69, 9.17) is 0 Å². The van der Waals surface area contributed by atoms with E-state index in [1.54, 1.807) is 12.1 Å². The van der Waals surface area contributed by atoms with Crippen LogP contribution in [0.2, 0.25) is 0 Å². The van der Waals surface area contributed by atoms with Gasteiger partial charge in [-0.25, -0.2) is 0 Å². The molecule has 2 atom stereocenters. The maximum Gasteiger partial charge on any atom is 0.307 e. The van der Waals surface area contributed by atoms with Crippen molar-refractivity contribution < 1.29 is 22.2 Å². The Balaban J connectivity index is 1.91. The Morgan fingerprint density at radius 3 is 2.76 bits per heavy atom. The molecule has 1 aromatic rings. The summed E-state index contributed by atoms with van der Waals surface area (Å²) in [6, 6.07) is 5.28. The summed E-state index contributed by atoms with van der Waals surface area (Å²) >= 11 is 0. The van der Waals surface area contributed by atoms with Crippen molar-refractivity contribution in [1.29, 1.82) is 0 Å². The van der Waals surface area contributed by atoms with Crippen LogP contribution in [0.25, 0.3) is 0 Å². The number of halogens is 1. The van der Waals surface area contributed by atoms with E-state index in [1.807, 2.05) is 6.07 Å². The molecule has 1 aromatic carbocycles. The number of hydrogen-bond donors (Lipinski definition) is 1. The Bertz CT molecular complexity index is 688. The zero-order chi connectivity index (χ0) is 15.2. The molecular formula is C14H16FNO4S. The topological polar surface area (TPSA) is 74.7 Å². The van der Waals surface area contributed by atoms with Crippen molar-refractivity contribution in [3.8, 4) is 0 Å². The zero-order valence-electron chi connectivity index (χ0n) is 11.3. The Kier molecular flexibility index (Phi) is 3.49. The second-order valence-corrected chi connectivity index (χ2v) is 7.21. The van der Waals surface area contributed by atoms with Gasteiger partial charge in [-0.05, 0) is 42.5 Å². The Morgan fingerprint density at radius 1 is 1.33 bits per heavy atom. The van der Waals surface area contributed by atoms with Crippen LogP contribution in [0, 0.1) is 0 Å². The number of rotatable bonds is 2. The molecule has 1 aliphatic heterocycles. The first-order chi connectivity index (χ1) is 9.86. The van der Waals surface area contributed by atoms with Gasteiger partial charge in [0.15, 0.2) is 0 Å². The molecule has 2 unspecified atom stereocenters. The number of nitrogens with zero attached hydrogens (tertiary/aromatic N) is 1. The molecule has 1 amide bonds. The second kappa shape index (κ2) is 5.06. The van der Waals surface area contributed by atoms with Crippen molar-refractivity contribution in [2.45, 2.75) is 37.0 Å². The van der Waals surface area contributed by atoms with Crippen molar-refractivity contribution >= 4 is 21.8 Å². The van der Waals surface area contributed by atoms with Crippen LogP contribution in [0.4, 0.5) is 9.57 Å². The molecule has 1 fully saturated rings. The van der Waals surface area contributed by atoms with Gasteiger partial charge in [0.05, 0.1) is 6.10 Å². The van der Waals surface area contributed by atoms with Crippen LogP contribution in [0.1, 0.15) is 36.5 Å². The van der Waals surface area contributed by atoms with E-state index in [0.29, 0.717) is 12.1 Å². The van der Waals surface area contributed by atoms with Crippen molar-refractivity contribution in [2.24, 2.45) is 0 Å². The summed E-state index contributed by atoms with van der Waals surface area (Å²) in [5.74, 6) is -0.411. The fraction of sp³-hybridized carbons (Fsp3) is 0.500. The summed E-state index contributed by atoms with van der Waals surface area (Å²) in [7, 11) is -4.72. The first kappa shape index (κ1) is 14.5. The van der Waals surface area contributed by atoms with Gasteiger partial charge >= 0.3 is 10.2 Å². The normalized spacial score (nSPS) is 26.0. The number of hydrogen-bond acceptors (Lipinski definition) is 4. The average molecular weight is 313 g/mol. The van der Waals surface area contributed by atoms with E-state index in [1.165, 1.54) is 4.90 Å². The highest BCUT2D eigenvalue weighted by Gasteiger charge is 2.39. The van der Waals surface area contributed by atoms with Crippen LogP contribution in [0.5, 0.6) is 0 Å². The predicted molar refractivity (Wildman–Crippen MR) is 75.1 cm³/mol. The van der Waals surface area contributed by atoms with Crippen molar-refractivity contribution in [3.05, 3.63) is 29.3 Å². The van der Waals surface area contributed by atoms with Gasteiger partial charge in [-0.1, -0.05) is 6.07 Å². The third-order valence-electron chi connectivity index (χ3n) is 4.21. The molecule has 1 aliphatic carbocycles. The van der Waals surface area contributed by atoms with Gasteiger partial charge in [0.1, 0.15) is 5.25 Å². The van der Waals surface area contributed by atoms with E-state index in [2.05, 4.69) is 0 Å². The number of benzene rings is 1. The lowest BCUT2D eigenvalue weighted by Gasteiger charge is -2.24.